The van der Waals surface area contributed by atoms with Crippen molar-refractivity contribution in [2.75, 3.05) is 6.61 Å². The number of rotatable bonds is 10. The Morgan fingerprint density at radius 3 is 2.40 bits per heavy atom. The van der Waals surface area contributed by atoms with Crippen molar-refractivity contribution in [1.29, 1.82) is 0 Å². The van der Waals surface area contributed by atoms with Gasteiger partial charge in [-0.15, -0.1) is 0 Å². The number of Topliss-reactive ketones (excluding diaryl/α,β-unsaturated/α-hetero) is 1. The Bertz CT molecular complexity index is 1200. The van der Waals surface area contributed by atoms with Crippen LogP contribution in [0.25, 0.3) is 0 Å². The van der Waals surface area contributed by atoms with Crippen LogP contribution in [0.3, 0.4) is 0 Å². The van der Waals surface area contributed by atoms with E-state index in [0.717, 1.165) is 5.56 Å². The average molecular weight is 481 g/mol. The zero-order valence-corrected chi connectivity index (χ0v) is 20.0. The van der Waals surface area contributed by atoms with Gasteiger partial charge in [0, 0.05) is 12.1 Å². The third-order valence-electron chi connectivity index (χ3n) is 5.44. The van der Waals surface area contributed by atoms with Gasteiger partial charge in [0.15, 0.2) is 11.9 Å². The Hall–Kier alpha value is -4.14. The number of aromatic nitrogens is 1. The first-order valence-electron chi connectivity index (χ1n) is 11.2. The van der Waals surface area contributed by atoms with E-state index in [9.17, 15) is 19.2 Å². The van der Waals surface area contributed by atoms with E-state index in [-0.39, 0.29) is 30.0 Å². The molecule has 0 aliphatic rings. The van der Waals surface area contributed by atoms with Gasteiger partial charge in [-0.05, 0) is 51.0 Å². The fourth-order valence-electron chi connectivity index (χ4n) is 3.70. The van der Waals surface area contributed by atoms with Gasteiger partial charge < -0.3 is 24.2 Å². The highest BCUT2D eigenvalue weighted by Crippen LogP contribution is 2.21. The number of nitrogens with one attached hydrogen (secondary N) is 2. The maximum absolute atomic E-state index is 13.1. The molecule has 0 saturated carbocycles. The third kappa shape index (κ3) is 6.06. The molecule has 184 valence electrons. The molecule has 0 spiro atoms. The van der Waals surface area contributed by atoms with Crippen molar-refractivity contribution in [3.8, 4) is 0 Å². The van der Waals surface area contributed by atoms with E-state index in [1.807, 2.05) is 30.3 Å². The number of amides is 1. The van der Waals surface area contributed by atoms with Crippen LogP contribution in [0.4, 0.5) is 0 Å². The Morgan fingerprint density at radius 2 is 1.77 bits per heavy atom. The predicted octanol–water partition coefficient (Wildman–Crippen LogP) is 3.56. The van der Waals surface area contributed by atoms with Gasteiger partial charge in [0.05, 0.1) is 24.1 Å². The highest BCUT2D eigenvalue weighted by atomic mass is 16.5. The van der Waals surface area contributed by atoms with Gasteiger partial charge in [0.25, 0.3) is 5.91 Å². The molecule has 2 heterocycles. The number of carbonyl (C=O) groups is 4. The lowest BCUT2D eigenvalue weighted by atomic mass is 10.0. The molecule has 0 radical (unpaired) electrons. The molecule has 1 unspecified atom stereocenters. The number of H-pyrrole nitrogens is 1. The zero-order chi connectivity index (χ0) is 25.5. The molecular weight excluding hydrogens is 452 g/mol. The number of hydrogen-bond donors (Lipinski definition) is 2. The molecule has 3 aromatic rings. The Kier molecular flexibility index (Phi) is 8.25. The van der Waals surface area contributed by atoms with Gasteiger partial charge in [0.1, 0.15) is 6.04 Å². The summed E-state index contributed by atoms with van der Waals surface area (Å²) in [7, 11) is 0. The number of esters is 2. The number of carbonyl (C=O) groups excluding carboxylic acids is 4. The van der Waals surface area contributed by atoms with Crippen LogP contribution in [0.5, 0.6) is 0 Å². The van der Waals surface area contributed by atoms with E-state index in [1.165, 1.54) is 19.3 Å². The Labute approximate surface area is 202 Å². The molecule has 9 nitrogen and oxygen atoms in total. The summed E-state index contributed by atoms with van der Waals surface area (Å²) in [4.78, 5) is 53.8. The van der Waals surface area contributed by atoms with Crippen molar-refractivity contribution in [3.63, 3.8) is 0 Å². The minimum absolute atomic E-state index is 0.0453. The van der Waals surface area contributed by atoms with Crippen LogP contribution in [0, 0.1) is 13.8 Å². The summed E-state index contributed by atoms with van der Waals surface area (Å²) in [6.07, 6.45) is 0.333. The first-order chi connectivity index (χ1) is 16.7. The summed E-state index contributed by atoms with van der Waals surface area (Å²) in [5, 5.41) is 2.62. The molecule has 0 aliphatic carbocycles. The maximum Gasteiger partial charge on any atom is 0.340 e. The van der Waals surface area contributed by atoms with E-state index in [0.29, 0.717) is 11.3 Å². The summed E-state index contributed by atoms with van der Waals surface area (Å²) >= 11 is 0. The van der Waals surface area contributed by atoms with Crippen molar-refractivity contribution in [2.45, 2.75) is 46.3 Å². The number of furan rings is 1. The van der Waals surface area contributed by atoms with Crippen molar-refractivity contribution in [2.24, 2.45) is 0 Å². The predicted molar refractivity (Wildman–Crippen MR) is 126 cm³/mol. The molecule has 35 heavy (non-hydrogen) atoms. The minimum Gasteiger partial charge on any atom is -0.462 e. The number of benzene rings is 1. The van der Waals surface area contributed by atoms with Crippen LogP contribution in [-0.2, 0) is 20.7 Å². The second-order valence-corrected chi connectivity index (χ2v) is 7.98. The molecular formula is C26H28N2O7. The number of aromatic amines is 1. The molecule has 0 bridgehead atoms. The summed E-state index contributed by atoms with van der Waals surface area (Å²) in [6, 6.07) is 11.1. The first kappa shape index (κ1) is 25.5. The molecule has 0 aliphatic heterocycles. The Balaban J connectivity index is 1.77. The van der Waals surface area contributed by atoms with Crippen LogP contribution in [0.15, 0.2) is 53.1 Å². The third-order valence-corrected chi connectivity index (χ3v) is 5.44. The van der Waals surface area contributed by atoms with Gasteiger partial charge in [-0.25, -0.2) is 9.59 Å². The summed E-state index contributed by atoms with van der Waals surface area (Å²) in [5.74, 6) is -2.36. The lowest BCUT2D eigenvalue weighted by Crippen LogP contribution is -2.45. The lowest BCUT2D eigenvalue weighted by Gasteiger charge is -2.20. The lowest BCUT2D eigenvalue weighted by molar-refractivity contribution is -0.148. The molecule has 0 saturated heterocycles. The second kappa shape index (κ2) is 11.3. The maximum atomic E-state index is 13.1. The van der Waals surface area contributed by atoms with Crippen molar-refractivity contribution in [1.82, 2.24) is 10.3 Å². The smallest absolute Gasteiger partial charge is 0.340 e. The quantitative estimate of drug-likeness (QED) is 0.335. The SMILES string of the molecule is CCOC(=O)c1c(C)[nH]c(C(=O)C(C)OC(=O)[C@H](Cc2ccccc2)NC(=O)c2ccco2)c1C. The number of aryl methyl sites for hydroxylation is 1. The van der Waals surface area contributed by atoms with Gasteiger partial charge >= 0.3 is 11.9 Å². The van der Waals surface area contributed by atoms with E-state index >= 15 is 0 Å². The van der Waals surface area contributed by atoms with E-state index in [4.69, 9.17) is 13.9 Å². The molecule has 2 N–H and O–H groups in total. The molecule has 1 aromatic carbocycles. The molecule has 1 amide bonds. The molecule has 0 fully saturated rings. The fourth-order valence-corrected chi connectivity index (χ4v) is 3.70. The van der Waals surface area contributed by atoms with Crippen LogP contribution >= 0.6 is 0 Å². The van der Waals surface area contributed by atoms with Crippen LogP contribution in [0.2, 0.25) is 0 Å². The normalized spacial score (nSPS) is 12.5. The van der Waals surface area contributed by atoms with Crippen molar-refractivity contribution >= 4 is 23.6 Å². The van der Waals surface area contributed by atoms with E-state index < -0.39 is 35.8 Å². The molecule has 2 atom stereocenters. The van der Waals surface area contributed by atoms with E-state index in [1.54, 1.807) is 26.8 Å². The molecule has 2 aromatic heterocycles. The van der Waals surface area contributed by atoms with Crippen molar-refractivity contribution in [3.05, 3.63) is 82.6 Å². The fraction of sp³-hybridized carbons (Fsp3) is 0.308. The standard InChI is InChI=1S/C26H28N2O7/c1-5-33-26(32)21-15(2)22(27-16(21)3)23(29)17(4)35-25(31)19(14-18-10-7-6-8-11-18)28-24(30)20-12-9-13-34-20/h6-13,17,19,27H,5,14H2,1-4H3,(H,28,30)/t17?,19-/m0/s1. The largest absolute Gasteiger partial charge is 0.462 e. The second-order valence-electron chi connectivity index (χ2n) is 7.98. The van der Waals surface area contributed by atoms with E-state index in [2.05, 4.69) is 10.3 Å². The number of ether oxygens (including phenoxy) is 2. The average Bonchev–Trinajstić information content (AvgIpc) is 3.47. The first-order valence-corrected chi connectivity index (χ1v) is 11.2. The topological polar surface area (TPSA) is 128 Å². The van der Waals surface area contributed by atoms with Gasteiger partial charge in [-0.1, -0.05) is 30.3 Å². The van der Waals surface area contributed by atoms with Crippen molar-refractivity contribution < 1.29 is 33.1 Å². The summed E-state index contributed by atoms with van der Waals surface area (Å²) in [6.45, 7) is 6.62. The minimum atomic E-state index is -1.17. The summed E-state index contributed by atoms with van der Waals surface area (Å²) < 4.78 is 15.6. The monoisotopic (exact) mass is 480 g/mol. The van der Waals surface area contributed by atoms with Crippen LogP contribution < -0.4 is 5.32 Å². The zero-order valence-electron chi connectivity index (χ0n) is 20.0. The molecule has 9 heteroatoms. The summed E-state index contributed by atoms with van der Waals surface area (Å²) in [5.41, 5.74) is 2.13. The highest BCUT2D eigenvalue weighted by Gasteiger charge is 2.31. The van der Waals surface area contributed by atoms with Gasteiger partial charge in [-0.2, -0.15) is 0 Å². The van der Waals surface area contributed by atoms with Crippen LogP contribution in [-0.4, -0.2) is 47.4 Å². The van der Waals surface area contributed by atoms with Crippen LogP contribution in [0.1, 0.15) is 62.1 Å². The van der Waals surface area contributed by atoms with Gasteiger partial charge in [-0.3, -0.25) is 9.59 Å². The van der Waals surface area contributed by atoms with Gasteiger partial charge in [0.2, 0.25) is 5.78 Å². The highest BCUT2D eigenvalue weighted by molar-refractivity contribution is 6.04. The Morgan fingerprint density at radius 1 is 1.06 bits per heavy atom. The molecule has 3 rings (SSSR count). The number of ketones is 1. The number of hydrogen-bond acceptors (Lipinski definition) is 7.